The number of hydrogen-bond acceptors (Lipinski definition) is 4. The molecule has 4 nitrogen and oxygen atoms in total. The number of rotatable bonds is 3. The smallest absolute Gasteiger partial charge is 0.235 e. The van der Waals surface area contributed by atoms with E-state index in [4.69, 9.17) is 14.4 Å². The summed E-state index contributed by atoms with van der Waals surface area (Å²) in [5, 5.41) is 10.4. The number of thiophene rings is 1. The summed E-state index contributed by atoms with van der Waals surface area (Å²) in [5.41, 5.74) is 9.02. The van der Waals surface area contributed by atoms with Crippen LogP contribution in [0.2, 0.25) is 0 Å². The van der Waals surface area contributed by atoms with Crippen molar-refractivity contribution >= 4 is 96.9 Å². The quantitative estimate of drug-likeness (QED) is 0.185. The molecular weight excluding hydrogens is 667 g/mol. The summed E-state index contributed by atoms with van der Waals surface area (Å²) in [6.45, 7) is 0. The molecule has 0 saturated heterocycles. The van der Waals surface area contributed by atoms with E-state index in [1.165, 1.54) is 36.5 Å². The minimum atomic E-state index is 0.633. The number of aromatic nitrogens is 3. The van der Waals surface area contributed by atoms with Gasteiger partial charge in [-0.05, 0) is 64.4 Å². The van der Waals surface area contributed by atoms with E-state index in [-0.39, 0.29) is 0 Å². The first-order valence-electron chi connectivity index (χ1n) is 17.8. The zero-order valence-electron chi connectivity index (χ0n) is 28.2. The Balaban J connectivity index is 1.14. The number of hydrogen-bond donors (Lipinski definition) is 0. The van der Waals surface area contributed by atoms with E-state index in [9.17, 15) is 0 Å². The SMILES string of the molecule is c1ccc(-c2cc3oc4c(ccc5c4c4ccccc4n5-c4nc(-c5ccc6c(c5)sc5ccccc56)c5ccccc5n4)c3c3ccccc23)cc1. The first-order valence-corrected chi connectivity index (χ1v) is 18.6. The van der Waals surface area contributed by atoms with Gasteiger partial charge in [0.1, 0.15) is 11.2 Å². The molecule has 0 aliphatic carbocycles. The van der Waals surface area contributed by atoms with E-state index < -0.39 is 0 Å². The van der Waals surface area contributed by atoms with Crippen molar-refractivity contribution in [3.8, 4) is 28.3 Å². The van der Waals surface area contributed by atoms with Crippen LogP contribution < -0.4 is 0 Å². The summed E-state index contributed by atoms with van der Waals surface area (Å²) >= 11 is 1.83. The fourth-order valence-electron chi connectivity index (χ4n) is 8.48. The lowest BCUT2D eigenvalue weighted by Crippen LogP contribution is -2.03. The highest BCUT2D eigenvalue weighted by molar-refractivity contribution is 7.25. The number of furan rings is 1. The summed E-state index contributed by atoms with van der Waals surface area (Å²) in [6.07, 6.45) is 0. The second-order valence-electron chi connectivity index (χ2n) is 13.7. The molecule has 0 aliphatic rings. The Bertz CT molecular complexity index is 3460. The lowest BCUT2D eigenvalue weighted by Gasteiger charge is -2.12. The van der Waals surface area contributed by atoms with E-state index in [1.807, 2.05) is 11.3 Å². The molecule has 0 saturated carbocycles. The predicted molar refractivity (Wildman–Crippen MR) is 222 cm³/mol. The molecule has 12 rings (SSSR count). The second-order valence-corrected chi connectivity index (χ2v) is 14.8. The maximum absolute atomic E-state index is 6.97. The fraction of sp³-hybridized carbons (Fsp3) is 0. The van der Waals surface area contributed by atoms with Gasteiger partial charge in [0.05, 0.1) is 27.6 Å². The third-order valence-corrected chi connectivity index (χ3v) is 11.9. The molecule has 4 aromatic heterocycles. The predicted octanol–water partition coefficient (Wildman–Crippen LogP) is 13.5. The maximum Gasteiger partial charge on any atom is 0.235 e. The van der Waals surface area contributed by atoms with Crippen molar-refractivity contribution in [3.05, 3.63) is 164 Å². The lowest BCUT2D eigenvalue weighted by atomic mass is 9.95. The summed E-state index contributed by atoms with van der Waals surface area (Å²) in [7, 11) is 0. The molecule has 5 heteroatoms. The molecule has 0 aliphatic heterocycles. The van der Waals surface area contributed by atoms with Crippen LogP contribution in [0.1, 0.15) is 0 Å². The normalized spacial score (nSPS) is 12.2. The Morgan fingerprint density at radius 2 is 1.15 bits per heavy atom. The van der Waals surface area contributed by atoms with Gasteiger partial charge < -0.3 is 4.42 Å². The topological polar surface area (TPSA) is 43.9 Å². The van der Waals surface area contributed by atoms with Crippen LogP contribution in [-0.2, 0) is 0 Å². The van der Waals surface area contributed by atoms with Crippen molar-refractivity contribution in [2.75, 3.05) is 0 Å². The summed E-state index contributed by atoms with van der Waals surface area (Å²) in [5.74, 6) is 0.633. The minimum Gasteiger partial charge on any atom is -0.455 e. The molecule has 4 heterocycles. The van der Waals surface area contributed by atoms with Gasteiger partial charge in [-0.3, -0.25) is 4.57 Å². The van der Waals surface area contributed by atoms with Gasteiger partial charge in [0.2, 0.25) is 5.95 Å². The van der Waals surface area contributed by atoms with E-state index in [0.717, 1.165) is 71.5 Å². The molecule has 0 radical (unpaired) electrons. The number of benzene rings is 8. The monoisotopic (exact) mass is 693 g/mol. The van der Waals surface area contributed by atoms with Crippen LogP contribution in [-0.4, -0.2) is 14.5 Å². The molecule has 12 aromatic rings. The van der Waals surface area contributed by atoms with Crippen molar-refractivity contribution in [2.24, 2.45) is 0 Å². The molecule has 53 heavy (non-hydrogen) atoms. The third-order valence-electron chi connectivity index (χ3n) is 10.8. The molecular formula is C48H27N3OS. The number of fused-ring (bicyclic) bond motifs is 13. The second kappa shape index (κ2) is 10.8. The first kappa shape index (κ1) is 28.8. The van der Waals surface area contributed by atoms with Gasteiger partial charge in [-0.15, -0.1) is 11.3 Å². The van der Waals surface area contributed by atoms with Crippen LogP contribution in [0.25, 0.3) is 114 Å². The first-order chi connectivity index (χ1) is 26.3. The van der Waals surface area contributed by atoms with Gasteiger partial charge in [0.15, 0.2) is 0 Å². The van der Waals surface area contributed by atoms with Crippen LogP contribution >= 0.6 is 11.3 Å². The van der Waals surface area contributed by atoms with Crippen LogP contribution in [0.3, 0.4) is 0 Å². The van der Waals surface area contributed by atoms with E-state index in [2.05, 4.69) is 168 Å². The Morgan fingerprint density at radius 1 is 0.453 bits per heavy atom. The lowest BCUT2D eigenvalue weighted by molar-refractivity contribution is 0.673. The largest absolute Gasteiger partial charge is 0.455 e. The molecule has 0 spiro atoms. The number of nitrogens with zero attached hydrogens (tertiary/aromatic N) is 3. The van der Waals surface area contributed by atoms with Crippen molar-refractivity contribution in [1.82, 2.24) is 14.5 Å². The Morgan fingerprint density at radius 3 is 2.04 bits per heavy atom. The van der Waals surface area contributed by atoms with Crippen LogP contribution in [0, 0.1) is 0 Å². The molecule has 0 unspecified atom stereocenters. The molecule has 8 aromatic carbocycles. The van der Waals surface area contributed by atoms with Crippen molar-refractivity contribution in [3.63, 3.8) is 0 Å². The van der Waals surface area contributed by atoms with Gasteiger partial charge in [-0.1, -0.05) is 121 Å². The molecule has 246 valence electrons. The highest BCUT2D eigenvalue weighted by atomic mass is 32.1. The van der Waals surface area contributed by atoms with Crippen molar-refractivity contribution in [2.45, 2.75) is 0 Å². The molecule has 0 fully saturated rings. The fourth-order valence-corrected chi connectivity index (χ4v) is 9.62. The maximum atomic E-state index is 6.97. The van der Waals surface area contributed by atoms with Crippen molar-refractivity contribution < 1.29 is 4.42 Å². The summed E-state index contributed by atoms with van der Waals surface area (Å²) in [4.78, 5) is 10.6. The van der Waals surface area contributed by atoms with Gasteiger partial charge in [-0.2, -0.15) is 0 Å². The minimum absolute atomic E-state index is 0.633. The highest BCUT2D eigenvalue weighted by Gasteiger charge is 2.23. The van der Waals surface area contributed by atoms with E-state index >= 15 is 0 Å². The van der Waals surface area contributed by atoms with Gasteiger partial charge in [-0.25, -0.2) is 9.97 Å². The van der Waals surface area contributed by atoms with Gasteiger partial charge in [0, 0.05) is 47.3 Å². The summed E-state index contributed by atoms with van der Waals surface area (Å²) < 4.78 is 11.7. The zero-order chi connectivity index (χ0) is 34.6. The van der Waals surface area contributed by atoms with Gasteiger partial charge in [0.25, 0.3) is 0 Å². The standard InChI is InChI=1S/C48H27N3OS/c1-2-12-28(13-3-1)37-27-41-44(33-16-5-4-14-30(33)37)36-24-25-40-45(47(36)52-41)35-18-7-10-20-39(35)51(40)48-49-38-19-9-6-17-34(38)46(50-48)29-22-23-32-31-15-8-11-21-42(31)53-43(32)26-29/h1-27H. The average molecular weight is 694 g/mol. The average Bonchev–Trinajstić information content (AvgIpc) is 3.89. The molecule has 0 amide bonds. The van der Waals surface area contributed by atoms with Crippen molar-refractivity contribution in [1.29, 1.82) is 0 Å². The Labute approximate surface area is 306 Å². The van der Waals surface area contributed by atoms with E-state index in [1.54, 1.807) is 0 Å². The Kier molecular flexibility index (Phi) is 5.90. The number of para-hydroxylation sites is 2. The Hall–Kier alpha value is -6.82. The highest BCUT2D eigenvalue weighted by Crippen LogP contribution is 2.45. The molecule has 0 N–H and O–H groups in total. The van der Waals surface area contributed by atoms with Crippen LogP contribution in [0.15, 0.2) is 168 Å². The molecule has 0 bridgehead atoms. The third kappa shape index (κ3) is 4.11. The van der Waals surface area contributed by atoms with E-state index in [0.29, 0.717) is 5.95 Å². The van der Waals surface area contributed by atoms with Gasteiger partial charge >= 0.3 is 0 Å². The zero-order valence-corrected chi connectivity index (χ0v) is 29.1. The van der Waals surface area contributed by atoms with Crippen LogP contribution in [0.4, 0.5) is 0 Å². The molecule has 0 atom stereocenters. The summed E-state index contributed by atoms with van der Waals surface area (Å²) in [6, 6.07) is 58.1. The van der Waals surface area contributed by atoms with Crippen LogP contribution in [0.5, 0.6) is 0 Å².